The molecule has 4 rings (SSSR count). The minimum absolute atomic E-state index is 0.0753. The molecule has 1 N–H and O–H groups in total. The Bertz CT molecular complexity index is 921. The van der Waals surface area contributed by atoms with Crippen molar-refractivity contribution in [3.05, 3.63) is 76.1 Å². The normalized spacial score (nSPS) is 16.8. The Morgan fingerprint density at radius 3 is 2.36 bits per heavy atom. The third kappa shape index (κ3) is 2.95. The molecule has 1 aromatic heterocycles. The highest BCUT2D eigenvalue weighted by atomic mass is 16.4. The summed E-state index contributed by atoms with van der Waals surface area (Å²) in [5.41, 5.74) is 1.50. The monoisotopic (exact) mass is 334 g/mol. The van der Waals surface area contributed by atoms with Gasteiger partial charge in [0.05, 0.1) is 10.9 Å². The first kappa shape index (κ1) is 15.9. The van der Waals surface area contributed by atoms with Crippen molar-refractivity contribution in [1.29, 1.82) is 0 Å². The van der Waals surface area contributed by atoms with Crippen LogP contribution in [0.25, 0.3) is 11.0 Å². The van der Waals surface area contributed by atoms with Crippen LogP contribution in [-0.4, -0.2) is 5.11 Å². The van der Waals surface area contributed by atoms with Crippen molar-refractivity contribution < 1.29 is 9.52 Å². The van der Waals surface area contributed by atoms with Gasteiger partial charge in [-0.05, 0) is 36.5 Å². The summed E-state index contributed by atoms with van der Waals surface area (Å²) >= 11 is 0. The SMILES string of the molecule is O=c1oc2ccccc2c(O)c1C(c1ccccc1)C1CCCCC1. The van der Waals surface area contributed by atoms with E-state index in [9.17, 15) is 9.90 Å². The molecule has 1 aliphatic rings. The van der Waals surface area contributed by atoms with Crippen molar-refractivity contribution in [1.82, 2.24) is 0 Å². The first-order chi connectivity index (χ1) is 12.3. The molecule has 0 aliphatic heterocycles. The van der Waals surface area contributed by atoms with E-state index in [0.29, 0.717) is 22.5 Å². The third-order valence-corrected chi connectivity index (χ3v) is 5.41. The molecule has 2 aromatic carbocycles. The van der Waals surface area contributed by atoms with Gasteiger partial charge < -0.3 is 9.52 Å². The average Bonchev–Trinajstić information content (AvgIpc) is 2.66. The van der Waals surface area contributed by atoms with E-state index in [4.69, 9.17) is 4.42 Å². The van der Waals surface area contributed by atoms with E-state index in [-0.39, 0.29) is 11.7 Å². The van der Waals surface area contributed by atoms with Crippen LogP contribution in [0.4, 0.5) is 0 Å². The molecule has 0 amide bonds. The zero-order chi connectivity index (χ0) is 17.2. The van der Waals surface area contributed by atoms with Gasteiger partial charge in [0.25, 0.3) is 0 Å². The van der Waals surface area contributed by atoms with E-state index in [1.807, 2.05) is 36.4 Å². The second kappa shape index (κ2) is 6.75. The largest absolute Gasteiger partial charge is 0.507 e. The summed E-state index contributed by atoms with van der Waals surface area (Å²) in [4.78, 5) is 12.8. The maximum Gasteiger partial charge on any atom is 0.343 e. The number of benzene rings is 2. The molecule has 25 heavy (non-hydrogen) atoms. The summed E-state index contributed by atoms with van der Waals surface area (Å²) in [7, 11) is 0. The number of aromatic hydroxyl groups is 1. The zero-order valence-electron chi connectivity index (χ0n) is 14.2. The van der Waals surface area contributed by atoms with Crippen LogP contribution in [0.5, 0.6) is 5.75 Å². The Labute approximate surface area is 146 Å². The van der Waals surface area contributed by atoms with E-state index in [1.54, 1.807) is 18.2 Å². The zero-order valence-corrected chi connectivity index (χ0v) is 14.2. The smallest absolute Gasteiger partial charge is 0.343 e. The molecular formula is C22H22O3. The molecule has 1 heterocycles. The Balaban J connectivity index is 1.93. The summed E-state index contributed by atoms with van der Waals surface area (Å²) in [5, 5.41) is 11.5. The van der Waals surface area contributed by atoms with Gasteiger partial charge in [-0.1, -0.05) is 61.7 Å². The highest BCUT2D eigenvalue weighted by Gasteiger charge is 2.32. The van der Waals surface area contributed by atoms with Gasteiger partial charge in [-0.2, -0.15) is 0 Å². The quantitative estimate of drug-likeness (QED) is 0.669. The van der Waals surface area contributed by atoms with Crippen LogP contribution in [0.3, 0.4) is 0 Å². The predicted octanol–water partition coefficient (Wildman–Crippen LogP) is 5.21. The van der Waals surface area contributed by atoms with Gasteiger partial charge in [-0.25, -0.2) is 4.79 Å². The van der Waals surface area contributed by atoms with E-state index in [0.717, 1.165) is 18.4 Å². The highest BCUT2D eigenvalue weighted by Crippen LogP contribution is 2.43. The molecule has 128 valence electrons. The molecular weight excluding hydrogens is 312 g/mol. The van der Waals surface area contributed by atoms with Crippen molar-refractivity contribution >= 4 is 11.0 Å². The van der Waals surface area contributed by atoms with Gasteiger partial charge in [0, 0.05) is 5.92 Å². The van der Waals surface area contributed by atoms with Crippen LogP contribution in [-0.2, 0) is 0 Å². The summed E-state index contributed by atoms with van der Waals surface area (Å²) < 4.78 is 5.55. The molecule has 0 radical (unpaired) electrons. The van der Waals surface area contributed by atoms with Gasteiger partial charge in [0.15, 0.2) is 0 Å². The molecule has 1 saturated carbocycles. The molecule has 1 unspecified atom stereocenters. The topological polar surface area (TPSA) is 50.4 Å². The van der Waals surface area contributed by atoms with Crippen LogP contribution in [0.2, 0.25) is 0 Å². The standard InChI is InChI=1S/C22H22O3/c23-21-17-13-7-8-14-18(17)25-22(24)20(21)19(15-9-3-1-4-10-15)16-11-5-2-6-12-16/h1,3-4,7-10,13-14,16,19,23H,2,5-6,11-12H2. The van der Waals surface area contributed by atoms with Gasteiger partial charge in [-0.3, -0.25) is 0 Å². The highest BCUT2D eigenvalue weighted by molar-refractivity contribution is 5.84. The minimum Gasteiger partial charge on any atom is -0.507 e. The van der Waals surface area contributed by atoms with Gasteiger partial charge in [0.2, 0.25) is 0 Å². The summed E-state index contributed by atoms with van der Waals surface area (Å²) in [6.45, 7) is 0. The molecule has 1 aliphatic carbocycles. The van der Waals surface area contributed by atoms with E-state index >= 15 is 0 Å². The molecule has 3 aromatic rings. The molecule has 3 heteroatoms. The minimum atomic E-state index is -0.421. The van der Waals surface area contributed by atoms with Crippen molar-refractivity contribution in [2.75, 3.05) is 0 Å². The van der Waals surface area contributed by atoms with Crippen molar-refractivity contribution in [2.24, 2.45) is 5.92 Å². The number of hydrogen-bond acceptors (Lipinski definition) is 3. The maximum atomic E-state index is 12.8. The van der Waals surface area contributed by atoms with E-state index < -0.39 is 5.63 Å². The molecule has 3 nitrogen and oxygen atoms in total. The first-order valence-corrected chi connectivity index (χ1v) is 9.05. The third-order valence-electron chi connectivity index (χ3n) is 5.41. The second-order valence-corrected chi connectivity index (χ2v) is 6.93. The van der Waals surface area contributed by atoms with Crippen molar-refractivity contribution in [3.63, 3.8) is 0 Å². The predicted molar refractivity (Wildman–Crippen MR) is 99.0 cm³/mol. The van der Waals surface area contributed by atoms with E-state index in [2.05, 4.69) is 0 Å². The van der Waals surface area contributed by atoms with Crippen molar-refractivity contribution in [3.8, 4) is 5.75 Å². The van der Waals surface area contributed by atoms with Crippen LogP contribution in [0.1, 0.15) is 49.1 Å². The Kier molecular flexibility index (Phi) is 4.31. The van der Waals surface area contributed by atoms with Crippen LogP contribution >= 0.6 is 0 Å². The van der Waals surface area contributed by atoms with Gasteiger partial charge >= 0.3 is 5.63 Å². The molecule has 1 atom stereocenters. The number of rotatable bonds is 3. The Morgan fingerprint density at radius 1 is 0.920 bits per heavy atom. The molecule has 0 saturated heterocycles. The molecule has 0 spiro atoms. The maximum absolute atomic E-state index is 12.8. The van der Waals surface area contributed by atoms with Gasteiger partial charge in [-0.15, -0.1) is 0 Å². The van der Waals surface area contributed by atoms with Crippen LogP contribution < -0.4 is 5.63 Å². The lowest BCUT2D eigenvalue weighted by molar-refractivity contribution is 0.317. The number of fused-ring (bicyclic) bond motifs is 1. The lowest BCUT2D eigenvalue weighted by Crippen LogP contribution is -2.23. The Hall–Kier alpha value is -2.55. The summed E-state index contributed by atoms with van der Waals surface area (Å²) in [6, 6.07) is 17.2. The lowest BCUT2D eigenvalue weighted by Gasteiger charge is -2.30. The average molecular weight is 334 g/mol. The lowest BCUT2D eigenvalue weighted by atomic mass is 9.73. The summed E-state index contributed by atoms with van der Waals surface area (Å²) in [6.07, 6.45) is 5.74. The Morgan fingerprint density at radius 2 is 1.60 bits per heavy atom. The second-order valence-electron chi connectivity index (χ2n) is 6.93. The molecule has 0 bridgehead atoms. The fraction of sp³-hybridized carbons (Fsp3) is 0.318. The van der Waals surface area contributed by atoms with Crippen molar-refractivity contribution in [2.45, 2.75) is 38.0 Å². The fourth-order valence-electron chi connectivity index (χ4n) is 4.22. The van der Waals surface area contributed by atoms with E-state index in [1.165, 1.54) is 19.3 Å². The fourth-order valence-corrected chi connectivity index (χ4v) is 4.22. The summed E-state index contributed by atoms with van der Waals surface area (Å²) in [5.74, 6) is 0.305. The van der Waals surface area contributed by atoms with Crippen LogP contribution in [0, 0.1) is 5.92 Å². The molecule has 1 fully saturated rings. The first-order valence-electron chi connectivity index (χ1n) is 9.05. The number of para-hydroxylation sites is 1. The number of hydrogen-bond donors (Lipinski definition) is 1. The van der Waals surface area contributed by atoms with Gasteiger partial charge in [0.1, 0.15) is 11.3 Å². The van der Waals surface area contributed by atoms with Crippen LogP contribution in [0.15, 0.2) is 63.8 Å².